The van der Waals surface area contributed by atoms with E-state index < -0.39 is 23.7 Å². The summed E-state index contributed by atoms with van der Waals surface area (Å²) < 4.78 is 56.2. The molecule has 2 rings (SSSR count). The summed E-state index contributed by atoms with van der Waals surface area (Å²) in [6, 6.07) is 8.13. The average molecular weight is 300 g/mol. The van der Waals surface area contributed by atoms with Crippen molar-refractivity contribution in [2.75, 3.05) is 7.11 Å². The summed E-state index contributed by atoms with van der Waals surface area (Å²) in [7, 11) is 1.47. The Morgan fingerprint density at radius 1 is 1.00 bits per heavy atom. The molecule has 1 unspecified atom stereocenters. The molecule has 0 radical (unpaired) electrons. The van der Waals surface area contributed by atoms with Gasteiger partial charge in [-0.25, -0.2) is 4.39 Å². The second-order valence-corrected chi connectivity index (χ2v) is 4.45. The summed E-state index contributed by atoms with van der Waals surface area (Å²) in [5.74, 6) is -0.506. The number of methoxy groups -OCH3 is 1. The summed E-state index contributed by atoms with van der Waals surface area (Å²) in [5, 5.41) is 10.1. The van der Waals surface area contributed by atoms with Crippen molar-refractivity contribution in [3.63, 3.8) is 0 Å². The van der Waals surface area contributed by atoms with E-state index in [-0.39, 0.29) is 5.56 Å². The van der Waals surface area contributed by atoms with Crippen molar-refractivity contribution < 1.29 is 27.4 Å². The molecule has 1 N–H and O–H groups in total. The van der Waals surface area contributed by atoms with E-state index >= 15 is 0 Å². The topological polar surface area (TPSA) is 29.5 Å². The normalized spacial score (nSPS) is 13.0. The van der Waals surface area contributed by atoms with E-state index in [0.29, 0.717) is 17.4 Å². The summed E-state index contributed by atoms with van der Waals surface area (Å²) in [5.41, 5.74) is -0.952. The zero-order chi connectivity index (χ0) is 15.6. The molecule has 2 nitrogen and oxygen atoms in total. The Morgan fingerprint density at radius 2 is 1.62 bits per heavy atom. The van der Waals surface area contributed by atoms with Gasteiger partial charge >= 0.3 is 6.18 Å². The SMILES string of the molecule is COc1ccc(C(O)c2cc(F)cc(C(F)(F)F)c2)cc1. The first kappa shape index (κ1) is 15.3. The molecule has 112 valence electrons. The van der Waals surface area contributed by atoms with E-state index in [0.717, 1.165) is 12.1 Å². The molecule has 0 saturated carbocycles. The van der Waals surface area contributed by atoms with Crippen LogP contribution in [0.15, 0.2) is 42.5 Å². The smallest absolute Gasteiger partial charge is 0.416 e. The molecule has 2 aromatic carbocycles. The van der Waals surface area contributed by atoms with E-state index in [2.05, 4.69) is 0 Å². The van der Waals surface area contributed by atoms with Gasteiger partial charge in [0, 0.05) is 0 Å². The highest BCUT2D eigenvalue weighted by molar-refractivity contribution is 5.36. The standard InChI is InChI=1S/C15H12F4O2/c1-21-13-4-2-9(3-5-13)14(20)10-6-11(15(17,18)19)8-12(16)7-10/h2-8,14,20H,1H3. The third-order valence-electron chi connectivity index (χ3n) is 2.99. The minimum atomic E-state index is -4.67. The molecule has 0 amide bonds. The third kappa shape index (κ3) is 3.52. The van der Waals surface area contributed by atoms with Crippen molar-refractivity contribution in [3.8, 4) is 5.75 Å². The fourth-order valence-corrected chi connectivity index (χ4v) is 1.91. The largest absolute Gasteiger partial charge is 0.497 e. The zero-order valence-electron chi connectivity index (χ0n) is 11.0. The monoisotopic (exact) mass is 300 g/mol. The highest BCUT2D eigenvalue weighted by Crippen LogP contribution is 2.33. The maximum atomic E-state index is 13.3. The minimum Gasteiger partial charge on any atom is -0.497 e. The van der Waals surface area contributed by atoms with Crippen LogP contribution in [0.4, 0.5) is 17.6 Å². The predicted molar refractivity (Wildman–Crippen MR) is 68.5 cm³/mol. The molecule has 21 heavy (non-hydrogen) atoms. The molecule has 0 aliphatic rings. The van der Waals surface area contributed by atoms with E-state index in [1.165, 1.54) is 19.2 Å². The van der Waals surface area contributed by atoms with Crippen LogP contribution < -0.4 is 4.74 Å². The first-order valence-electron chi connectivity index (χ1n) is 6.01. The molecule has 0 spiro atoms. The number of hydrogen-bond acceptors (Lipinski definition) is 2. The van der Waals surface area contributed by atoms with Crippen molar-refractivity contribution >= 4 is 0 Å². The van der Waals surface area contributed by atoms with Crippen molar-refractivity contribution in [1.82, 2.24) is 0 Å². The fourth-order valence-electron chi connectivity index (χ4n) is 1.91. The summed E-state index contributed by atoms with van der Waals surface area (Å²) in [6.07, 6.45) is -6.02. The van der Waals surface area contributed by atoms with Crippen LogP contribution in [0.25, 0.3) is 0 Å². The molecule has 0 aromatic heterocycles. The Bertz CT molecular complexity index is 621. The van der Waals surface area contributed by atoms with Gasteiger partial charge in [0.25, 0.3) is 0 Å². The molecule has 0 bridgehead atoms. The van der Waals surface area contributed by atoms with Gasteiger partial charge in [0.2, 0.25) is 0 Å². The highest BCUT2D eigenvalue weighted by atomic mass is 19.4. The first-order valence-corrected chi connectivity index (χ1v) is 6.01. The summed E-state index contributed by atoms with van der Waals surface area (Å²) >= 11 is 0. The number of rotatable bonds is 3. The Morgan fingerprint density at radius 3 is 2.14 bits per heavy atom. The van der Waals surface area contributed by atoms with Gasteiger partial charge in [-0.1, -0.05) is 12.1 Å². The highest BCUT2D eigenvalue weighted by Gasteiger charge is 2.32. The molecular weight excluding hydrogens is 288 g/mol. The minimum absolute atomic E-state index is 0.160. The zero-order valence-corrected chi connectivity index (χ0v) is 11.0. The van der Waals surface area contributed by atoms with Gasteiger partial charge in [-0.2, -0.15) is 13.2 Å². The predicted octanol–water partition coefficient (Wildman–Crippen LogP) is 3.93. The first-order chi connectivity index (χ1) is 9.81. The molecule has 0 aliphatic heterocycles. The van der Waals surface area contributed by atoms with Gasteiger partial charge in [-0.15, -0.1) is 0 Å². The maximum Gasteiger partial charge on any atom is 0.416 e. The number of aliphatic hydroxyl groups excluding tert-OH is 1. The third-order valence-corrected chi connectivity index (χ3v) is 2.99. The maximum absolute atomic E-state index is 13.3. The lowest BCUT2D eigenvalue weighted by atomic mass is 9.99. The molecule has 0 heterocycles. The fraction of sp³-hybridized carbons (Fsp3) is 0.200. The van der Waals surface area contributed by atoms with Gasteiger partial charge in [-0.05, 0) is 41.5 Å². The van der Waals surface area contributed by atoms with Crippen LogP contribution in [0.1, 0.15) is 22.8 Å². The Hall–Kier alpha value is -2.08. The van der Waals surface area contributed by atoms with Crippen LogP contribution in [0.5, 0.6) is 5.75 Å². The van der Waals surface area contributed by atoms with E-state index in [1.807, 2.05) is 0 Å². The molecule has 1 atom stereocenters. The quantitative estimate of drug-likeness (QED) is 0.870. The van der Waals surface area contributed by atoms with E-state index in [4.69, 9.17) is 4.74 Å². The second kappa shape index (κ2) is 5.73. The molecule has 2 aromatic rings. The average Bonchev–Trinajstić information content (AvgIpc) is 2.45. The van der Waals surface area contributed by atoms with Crippen molar-refractivity contribution in [3.05, 3.63) is 65.0 Å². The van der Waals surface area contributed by atoms with Gasteiger partial charge in [0.15, 0.2) is 0 Å². The van der Waals surface area contributed by atoms with E-state index in [9.17, 15) is 22.7 Å². The Kier molecular flexibility index (Phi) is 4.18. The lowest BCUT2D eigenvalue weighted by Gasteiger charge is -2.15. The molecule has 0 fully saturated rings. The van der Waals surface area contributed by atoms with Crippen molar-refractivity contribution in [2.24, 2.45) is 0 Å². The molecule has 6 heteroatoms. The van der Waals surface area contributed by atoms with E-state index in [1.54, 1.807) is 12.1 Å². The van der Waals surface area contributed by atoms with Crippen LogP contribution in [0.3, 0.4) is 0 Å². The van der Waals surface area contributed by atoms with Crippen LogP contribution >= 0.6 is 0 Å². The Balaban J connectivity index is 2.38. The molecular formula is C15H12F4O2. The number of alkyl halides is 3. The van der Waals surface area contributed by atoms with Gasteiger partial charge in [-0.3, -0.25) is 0 Å². The molecule has 0 aliphatic carbocycles. The van der Waals surface area contributed by atoms with Gasteiger partial charge in [0.1, 0.15) is 17.7 Å². The lowest BCUT2D eigenvalue weighted by molar-refractivity contribution is -0.137. The lowest BCUT2D eigenvalue weighted by Crippen LogP contribution is -2.08. The summed E-state index contributed by atoms with van der Waals surface area (Å²) in [6.45, 7) is 0. The number of halogens is 4. The van der Waals surface area contributed by atoms with Gasteiger partial charge < -0.3 is 9.84 Å². The van der Waals surface area contributed by atoms with Gasteiger partial charge in [0.05, 0.1) is 12.7 Å². The number of benzene rings is 2. The number of ether oxygens (including phenoxy) is 1. The Labute approximate surface area is 118 Å². The second-order valence-electron chi connectivity index (χ2n) is 4.45. The van der Waals surface area contributed by atoms with Crippen molar-refractivity contribution in [1.29, 1.82) is 0 Å². The molecule has 0 saturated heterocycles. The summed E-state index contributed by atoms with van der Waals surface area (Å²) in [4.78, 5) is 0. The van der Waals surface area contributed by atoms with Crippen LogP contribution in [-0.2, 0) is 6.18 Å². The van der Waals surface area contributed by atoms with Crippen molar-refractivity contribution in [2.45, 2.75) is 12.3 Å². The van der Waals surface area contributed by atoms with Crippen LogP contribution in [0, 0.1) is 5.82 Å². The van der Waals surface area contributed by atoms with Crippen LogP contribution in [-0.4, -0.2) is 12.2 Å². The van der Waals surface area contributed by atoms with Crippen LogP contribution in [0.2, 0.25) is 0 Å². The number of aliphatic hydroxyl groups is 1. The number of hydrogen-bond donors (Lipinski definition) is 1.